The molecule has 1 saturated heterocycles. The third-order valence-electron chi connectivity index (χ3n) is 2.93. The molecule has 1 unspecified atom stereocenters. The number of amides is 1. The van der Waals surface area contributed by atoms with Crippen molar-refractivity contribution in [2.75, 3.05) is 20.6 Å². The van der Waals surface area contributed by atoms with Crippen LogP contribution in [0.2, 0.25) is 0 Å². The number of likely N-dealkylation sites (N-methyl/N-ethyl adjacent to an activating group) is 1. The molecule has 0 spiro atoms. The molecule has 0 bridgehead atoms. The maximum atomic E-state index is 12.3. The van der Waals surface area contributed by atoms with Crippen LogP contribution in [0.25, 0.3) is 0 Å². The van der Waals surface area contributed by atoms with Crippen LogP contribution >= 0.6 is 0 Å². The molecule has 1 aromatic rings. The molecule has 1 fully saturated rings. The fourth-order valence-electron chi connectivity index (χ4n) is 2.16. The highest BCUT2D eigenvalue weighted by Gasteiger charge is 2.44. The third kappa shape index (κ3) is 1.67. The summed E-state index contributed by atoms with van der Waals surface area (Å²) in [5, 5.41) is 3.27. The summed E-state index contributed by atoms with van der Waals surface area (Å²) in [5.41, 5.74) is 0.0452. The van der Waals surface area contributed by atoms with Crippen molar-refractivity contribution in [3.05, 3.63) is 24.3 Å². The number of nitrogens with zero attached hydrogens (tertiary/aromatic N) is 3. The molecule has 5 heteroatoms. The summed E-state index contributed by atoms with van der Waals surface area (Å²) in [4.78, 5) is 22.2. The summed E-state index contributed by atoms with van der Waals surface area (Å²) in [6.07, 6.45) is 6.67. The maximum absolute atomic E-state index is 12.3. The van der Waals surface area contributed by atoms with Crippen molar-refractivity contribution < 1.29 is 4.79 Å². The SMILES string of the molecule is CN(C)C(=O)C1(c2cnccn2)CCCN1. The average Bonchev–Trinajstić information content (AvgIpc) is 2.79. The van der Waals surface area contributed by atoms with Gasteiger partial charge in [0.2, 0.25) is 5.91 Å². The fourth-order valence-corrected chi connectivity index (χ4v) is 2.16. The first kappa shape index (κ1) is 11.0. The zero-order valence-electron chi connectivity index (χ0n) is 9.60. The van der Waals surface area contributed by atoms with Crippen LogP contribution in [0.1, 0.15) is 18.5 Å². The van der Waals surface area contributed by atoms with E-state index in [1.807, 2.05) is 0 Å². The van der Waals surface area contributed by atoms with Crippen molar-refractivity contribution in [1.29, 1.82) is 0 Å². The van der Waals surface area contributed by atoms with E-state index in [4.69, 9.17) is 0 Å². The monoisotopic (exact) mass is 220 g/mol. The normalized spacial score (nSPS) is 24.4. The Morgan fingerprint density at radius 2 is 2.31 bits per heavy atom. The number of hydrogen-bond donors (Lipinski definition) is 1. The van der Waals surface area contributed by atoms with Gasteiger partial charge in [-0.25, -0.2) is 0 Å². The lowest BCUT2D eigenvalue weighted by molar-refractivity contribution is -0.135. The van der Waals surface area contributed by atoms with Gasteiger partial charge in [0.15, 0.2) is 0 Å². The predicted molar refractivity (Wildman–Crippen MR) is 59.6 cm³/mol. The highest BCUT2D eigenvalue weighted by molar-refractivity contribution is 5.87. The number of carbonyl (C=O) groups is 1. The Kier molecular flexibility index (Phi) is 2.87. The average molecular weight is 220 g/mol. The van der Waals surface area contributed by atoms with Gasteiger partial charge < -0.3 is 4.90 Å². The van der Waals surface area contributed by atoms with Gasteiger partial charge in [-0.05, 0) is 19.4 Å². The number of rotatable bonds is 2. The molecule has 1 atom stereocenters. The molecule has 0 aromatic carbocycles. The minimum atomic E-state index is -0.669. The second-order valence-electron chi connectivity index (χ2n) is 4.23. The molecule has 1 amide bonds. The highest BCUT2D eigenvalue weighted by Crippen LogP contribution is 2.30. The van der Waals surface area contributed by atoms with E-state index in [-0.39, 0.29) is 5.91 Å². The summed E-state index contributed by atoms with van der Waals surface area (Å²) in [6.45, 7) is 0.843. The highest BCUT2D eigenvalue weighted by atomic mass is 16.2. The van der Waals surface area contributed by atoms with E-state index >= 15 is 0 Å². The summed E-state index contributed by atoms with van der Waals surface area (Å²) in [5.74, 6) is 0.0468. The van der Waals surface area contributed by atoms with Gasteiger partial charge in [-0.3, -0.25) is 20.1 Å². The maximum Gasteiger partial charge on any atom is 0.248 e. The van der Waals surface area contributed by atoms with E-state index in [0.717, 1.165) is 19.4 Å². The zero-order valence-corrected chi connectivity index (χ0v) is 9.60. The van der Waals surface area contributed by atoms with Crippen LogP contribution in [-0.2, 0) is 10.3 Å². The Balaban J connectivity index is 2.40. The Morgan fingerprint density at radius 1 is 1.50 bits per heavy atom. The van der Waals surface area contributed by atoms with Crippen molar-refractivity contribution in [3.63, 3.8) is 0 Å². The number of nitrogens with one attached hydrogen (secondary N) is 1. The molecule has 0 saturated carbocycles. The first-order valence-electron chi connectivity index (χ1n) is 5.40. The van der Waals surface area contributed by atoms with Crippen LogP contribution < -0.4 is 5.32 Å². The minimum absolute atomic E-state index is 0.0468. The quantitative estimate of drug-likeness (QED) is 0.770. The van der Waals surface area contributed by atoms with E-state index in [1.54, 1.807) is 37.6 Å². The second kappa shape index (κ2) is 4.17. The molecule has 86 valence electrons. The van der Waals surface area contributed by atoms with Gasteiger partial charge >= 0.3 is 0 Å². The van der Waals surface area contributed by atoms with Crippen molar-refractivity contribution >= 4 is 5.91 Å². The minimum Gasteiger partial charge on any atom is -0.347 e. The van der Waals surface area contributed by atoms with E-state index in [1.165, 1.54) is 0 Å². The Morgan fingerprint density at radius 3 is 2.81 bits per heavy atom. The fraction of sp³-hybridized carbons (Fsp3) is 0.545. The van der Waals surface area contributed by atoms with Gasteiger partial charge in [0, 0.05) is 26.5 Å². The van der Waals surface area contributed by atoms with E-state index in [0.29, 0.717) is 5.69 Å². The molecular formula is C11H16N4O. The van der Waals surface area contributed by atoms with Crippen LogP contribution in [-0.4, -0.2) is 41.4 Å². The lowest BCUT2D eigenvalue weighted by Crippen LogP contribution is -2.51. The first-order chi connectivity index (χ1) is 7.67. The third-order valence-corrected chi connectivity index (χ3v) is 2.93. The summed E-state index contributed by atoms with van der Waals surface area (Å²) >= 11 is 0. The number of carbonyl (C=O) groups excluding carboxylic acids is 1. The van der Waals surface area contributed by atoms with Crippen LogP contribution in [0.4, 0.5) is 0 Å². The standard InChI is InChI=1S/C11H16N4O/c1-15(2)10(16)11(4-3-5-14-11)9-8-12-6-7-13-9/h6-8,14H,3-5H2,1-2H3. The Bertz CT molecular complexity index is 371. The predicted octanol–water partition coefficient (Wildman–Crippen LogP) is 0.143. The molecule has 1 aliphatic heterocycles. The van der Waals surface area contributed by atoms with Crippen LogP contribution in [0.15, 0.2) is 18.6 Å². The topological polar surface area (TPSA) is 58.1 Å². The molecule has 0 radical (unpaired) electrons. The molecular weight excluding hydrogens is 204 g/mol. The van der Waals surface area contributed by atoms with Gasteiger partial charge in [0.25, 0.3) is 0 Å². The van der Waals surface area contributed by atoms with Crippen LogP contribution in [0, 0.1) is 0 Å². The Labute approximate surface area is 94.9 Å². The van der Waals surface area contributed by atoms with Gasteiger partial charge in [-0.1, -0.05) is 0 Å². The summed E-state index contributed by atoms with van der Waals surface area (Å²) in [7, 11) is 3.53. The van der Waals surface area contributed by atoms with E-state index in [9.17, 15) is 4.79 Å². The molecule has 2 rings (SSSR count). The lowest BCUT2D eigenvalue weighted by atomic mass is 9.92. The van der Waals surface area contributed by atoms with Crippen molar-refractivity contribution in [3.8, 4) is 0 Å². The number of hydrogen-bond acceptors (Lipinski definition) is 4. The molecule has 2 heterocycles. The zero-order chi connectivity index (χ0) is 11.6. The van der Waals surface area contributed by atoms with Gasteiger partial charge in [-0.15, -0.1) is 0 Å². The molecule has 1 aromatic heterocycles. The van der Waals surface area contributed by atoms with Gasteiger partial charge in [-0.2, -0.15) is 0 Å². The largest absolute Gasteiger partial charge is 0.347 e. The summed E-state index contributed by atoms with van der Waals surface area (Å²) in [6, 6.07) is 0. The van der Waals surface area contributed by atoms with Gasteiger partial charge in [0.1, 0.15) is 5.54 Å². The Hall–Kier alpha value is -1.49. The van der Waals surface area contributed by atoms with Crippen LogP contribution in [0.3, 0.4) is 0 Å². The van der Waals surface area contributed by atoms with E-state index in [2.05, 4.69) is 15.3 Å². The smallest absolute Gasteiger partial charge is 0.248 e. The summed E-state index contributed by atoms with van der Waals surface area (Å²) < 4.78 is 0. The van der Waals surface area contributed by atoms with Crippen molar-refractivity contribution in [2.24, 2.45) is 0 Å². The van der Waals surface area contributed by atoms with Crippen LogP contribution in [0.5, 0.6) is 0 Å². The molecule has 5 nitrogen and oxygen atoms in total. The van der Waals surface area contributed by atoms with Gasteiger partial charge in [0.05, 0.1) is 11.9 Å². The molecule has 1 N–H and O–H groups in total. The second-order valence-corrected chi connectivity index (χ2v) is 4.23. The molecule has 0 aliphatic carbocycles. The number of aromatic nitrogens is 2. The molecule has 1 aliphatic rings. The van der Waals surface area contributed by atoms with Crippen molar-refractivity contribution in [1.82, 2.24) is 20.2 Å². The molecule has 16 heavy (non-hydrogen) atoms. The van der Waals surface area contributed by atoms with Crippen molar-refractivity contribution in [2.45, 2.75) is 18.4 Å². The van der Waals surface area contributed by atoms with E-state index < -0.39 is 5.54 Å². The lowest BCUT2D eigenvalue weighted by Gasteiger charge is -2.30. The first-order valence-corrected chi connectivity index (χ1v) is 5.40.